The van der Waals surface area contributed by atoms with Crippen LogP contribution in [0.2, 0.25) is 0 Å². The van der Waals surface area contributed by atoms with E-state index >= 15 is 0 Å². The van der Waals surface area contributed by atoms with Crippen LogP contribution >= 0.6 is 0 Å². The van der Waals surface area contributed by atoms with Crippen LogP contribution in [0.15, 0.2) is 23.4 Å². The maximum atomic E-state index is 12.5. The molecule has 0 aliphatic carbocycles. The number of benzene rings is 1. The lowest BCUT2D eigenvalue weighted by molar-refractivity contribution is 0.575. The standard InChI is InChI=1S/C13H19N5O2S/c1-4-18-8-15-17-12(18)7-16-21(19,20)13-10(3)9(2)5-6-11(13)14/h5-6,8,16H,4,7,14H2,1-3H3. The first-order chi connectivity index (χ1) is 9.86. The lowest BCUT2D eigenvalue weighted by Crippen LogP contribution is -2.26. The zero-order valence-electron chi connectivity index (χ0n) is 12.3. The molecule has 0 bridgehead atoms. The fourth-order valence-electron chi connectivity index (χ4n) is 2.08. The summed E-state index contributed by atoms with van der Waals surface area (Å²) in [6.07, 6.45) is 1.57. The fourth-order valence-corrected chi connectivity index (χ4v) is 3.49. The van der Waals surface area contributed by atoms with Crippen molar-refractivity contribution in [3.63, 3.8) is 0 Å². The number of rotatable bonds is 5. The van der Waals surface area contributed by atoms with Crippen molar-refractivity contribution in [2.24, 2.45) is 0 Å². The van der Waals surface area contributed by atoms with Crippen molar-refractivity contribution in [1.29, 1.82) is 0 Å². The van der Waals surface area contributed by atoms with Gasteiger partial charge < -0.3 is 10.3 Å². The Kier molecular flexibility index (Phi) is 4.29. The van der Waals surface area contributed by atoms with Crippen LogP contribution in [0.1, 0.15) is 23.9 Å². The van der Waals surface area contributed by atoms with E-state index in [1.807, 2.05) is 13.8 Å². The number of nitrogens with one attached hydrogen (secondary N) is 1. The van der Waals surface area contributed by atoms with Crippen molar-refractivity contribution in [1.82, 2.24) is 19.5 Å². The Morgan fingerprint density at radius 2 is 2.05 bits per heavy atom. The summed E-state index contributed by atoms with van der Waals surface area (Å²) in [7, 11) is -3.70. The minimum atomic E-state index is -3.70. The van der Waals surface area contributed by atoms with E-state index in [-0.39, 0.29) is 17.1 Å². The molecule has 2 rings (SSSR count). The fraction of sp³-hybridized carbons (Fsp3) is 0.385. The summed E-state index contributed by atoms with van der Waals surface area (Å²) >= 11 is 0. The van der Waals surface area contributed by atoms with E-state index in [1.54, 1.807) is 30.0 Å². The molecule has 1 aromatic heterocycles. The largest absolute Gasteiger partial charge is 0.398 e. The highest BCUT2D eigenvalue weighted by atomic mass is 32.2. The van der Waals surface area contributed by atoms with Gasteiger partial charge >= 0.3 is 0 Å². The Morgan fingerprint density at radius 1 is 1.33 bits per heavy atom. The van der Waals surface area contributed by atoms with Crippen LogP contribution in [0, 0.1) is 13.8 Å². The number of nitrogens with zero attached hydrogens (tertiary/aromatic N) is 3. The summed E-state index contributed by atoms with van der Waals surface area (Å²) in [5, 5.41) is 7.67. The quantitative estimate of drug-likeness (QED) is 0.801. The van der Waals surface area contributed by atoms with Gasteiger partial charge in [-0.05, 0) is 38.0 Å². The maximum absolute atomic E-state index is 12.5. The van der Waals surface area contributed by atoms with Crippen LogP contribution in [0.5, 0.6) is 0 Å². The first kappa shape index (κ1) is 15.5. The third kappa shape index (κ3) is 3.06. The zero-order valence-corrected chi connectivity index (χ0v) is 13.1. The molecule has 0 saturated carbocycles. The number of sulfonamides is 1. The second-order valence-corrected chi connectivity index (χ2v) is 6.49. The van der Waals surface area contributed by atoms with E-state index in [9.17, 15) is 8.42 Å². The summed E-state index contributed by atoms with van der Waals surface area (Å²) < 4.78 is 29.2. The van der Waals surface area contributed by atoms with Gasteiger partial charge in [-0.2, -0.15) is 0 Å². The molecule has 0 aliphatic heterocycles. The smallest absolute Gasteiger partial charge is 0.243 e. The number of hydrogen-bond acceptors (Lipinski definition) is 5. The zero-order chi connectivity index (χ0) is 15.6. The number of aromatic nitrogens is 3. The number of nitrogen functional groups attached to an aromatic ring is 1. The Morgan fingerprint density at radius 3 is 2.71 bits per heavy atom. The van der Waals surface area contributed by atoms with E-state index < -0.39 is 10.0 Å². The molecule has 0 spiro atoms. The van der Waals surface area contributed by atoms with Crippen LogP contribution in [0.25, 0.3) is 0 Å². The molecule has 0 atom stereocenters. The van der Waals surface area contributed by atoms with Gasteiger partial charge in [-0.25, -0.2) is 13.1 Å². The van der Waals surface area contributed by atoms with Gasteiger partial charge in [-0.1, -0.05) is 6.07 Å². The van der Waals surface area contributed by atoms with E-state index in [0.717, 1.165) is 5.56 Å². The van der Waals surface area contributed by atoms with Crippen molar-refractivity contribution in [2.45, 2.75) is 38.8 Å². The van der Waals surface area contributed by atoms with Gasteiger partial charge in [-0.15, -0.1) is 10.2 Å². The summed E-state index contributed by atoms with van der Waals surface area (Å²) in [6.45, 7) is 6.28. The lowest BCUT2D eigenvalue weighted by atomic mass is 10.1. The average Bonchev–Trinajstić information content (AvgIpc) is 2.88. The van der Waals surface area contributed by atoms with E-state index in [2.05, 4.69) is 14.9 Å². The summed E-state index contributed by atoms with van der Waals surface area (Å²) in [5.74, 6) is 0.560. The Labute approximate surface area is 124 Å². The lowest BCUT2D eigenvalue weighted by Gasteiger charge is -2.13. The number of aryl methyl sites for hydroxylation is 2. The van der Waals surface area contributed by atoms with Gasteiger partial charge in [0.05, 0.1) is 12.2 Å². The minimum absolute atomic E-state index is 0.0724. The minimum Gasteiger partial charge on any atom is -0.398 e. The van der Waals surface area contributed by atoms with Crippen LogP contribution in [0.3, 0.4) is 0 Å². The molecule has 0 unspecified atom stereocenters. The predicted octanol–water partition coefficient (Wildman–Crippen LogP) is 0.976. The first-order valence-corrected chi connectivity index (χ1v) is 8.07. The van der Waals surface area contributed by atoms with Crippen LogP contribution in [-0.4, -0.2) is 23.2 Å². The third-order valence-electron chi connectivity index (χ3n) is 3.43. The summed E-state index contributed by atoms with van der Waals surface area (Å²) in [6, 6.07) is 3.41. The first-order valence-electron chi connectivity index (χ1n) is 6.58. The molecule has 8 heteroatoms. The van der Waals surface area contributed by atoms with E-state index in [0.29, 0.717) is 17.9 Å². The maximum Gasteiger partial charge on any atom is 0.243 e. The second kappa shape index (κ2) is 5.82. The van der Waals surface area contributed by atoms with E-state index in [1.165, 1.54) is 0 Å². The third-order valence-corrected chi connectivity index (χ3v) is 5.04. The molecule has 7 nitrogen and oxygen atoms in total. The van der Waals surface area contributed by atoms with Crippen LogP contribution in [0.4, 0.5) is 5.69 Å². The molecular formula is C13H19N5O2S. The molecule has 21 heavy (non-hydrogen) atoms. The molecule has 1 heterocycles. The topological polar surface area (TPSA) is 103 Å². The monoisotopic (exact) mass is 309 g/mol. The second-order valence-electron chi connectivity index (χ2n) is 4.78. The normalized spacial score (nSPS) is 11.8. The highest BCUT2D eigenvalue weighted by molar-refractivity contribution is 7.89. The Balaban J connectivity index is 2.30. The molecule has 0 amide bonds. The molecule has 0 aliphatic rings. The predicted molar refractivity (Wildman–Crippen MR) is 80.0 cm³/mol. The summed E-state index contributed by atoms with van der Waals surface area (Å²) in [4.78, 5) is 0.130. The molecule has 114 valence electrons. The number of nitrogens with two attached hydrogens (primary N) is 1. The van der Waals surface area contributed by atoms with Crippen molar-refractivity contribution in [3.05, 3.63) is 35.4 Å². The van der Waals surface area contributed by atoms with Crippen LogP contribution in [-0.2, 0) is 23.1 Å². The summed E-state index contributed by atoms with van der Waals surface area (Å²) in [5.41, 5.74) is 7.60. The molecule has 0 radical (unpaired) electrons. The Bertz CT molecular complexity index is 752. The van der Waals surface area contributed by atoms with E-state index in [4.69, 9.17) is 5.73 Å². The van der Waals surface area contributed by atoms with Gasteiger partial charge in [0.2, 0.25) is 10.0 Å². The number of hydrogen-bond donors (Lipinski definition) is 2. The van der Waals surface area contributed by atoms with Crippen molar-refractivity contribution in [2.75, 3.05) is 5.73 Å². The average molecular weight is 309 g/mol. The van der Waals surface area contributed by atoms with Crippen molar-refractivity contribution in [3.8, 4) is 0 Å². The van der Waals surface area contributed by atoms with Crippen molar-refractivity contribution < 1.29 is 8.42 Å². The van der Waals surface area contributed by atoms with Gasteiger partial charge in [0.1, 0.15) is 17.0 Å². The highest BCUT2D eigenvalue weighted by Gasteiger charge is 2.21. The molecular weight excluding hydrogens is 290 g/mol. The SMILES string of the molecule is CCn1cnnc1CNS(=O)(=O)c1c(N)ccc(C)c1C. The van der Waals surface area contributed by atoms with Gasteiger partial charge in [0.25, 0.3) is 0 Å². The Hall–Kier alpha value is -1.93. The molecule has 0 fully saturated rings. The number of anilines is 1. The molecule has 3 N–H and O–H groups in total. The van der Waals surface area contributed by atoms with Crippen molar-refractivity contribution >= 4 is 15.7 Å². The molecule has 1 aromatic carbocycles. The van der Waals surface area contributed by atoms with Gasteiger partial charge in [0, 0.05) is 6.54 Å². The molecule has 2 aromatic rings. The van der Waals surface area contributed by atoms with Gasteiger partial charge in [0.15, 0.2) is 0 Å². The highest BCUT2D eigenvalue weighted by Crippen LogP contribution is 2.25. The van der Waals surface area contributed by atoms with Gasteiger partial charge in [-0.3, -0.25) is 0 Å². The molecule has 0 saturated heterocycles. The van der Waals surface area contributed by atoms with Crippen LogP contribution < -0.4 is 10.5 Å².